The maximum atomic E-state index is 13.9. The van der Waals surface area contributed by atoms with Gasteiger partial charge in [-0.05, 0) is 61.3 Å². The topological polar surface area (TPSA) is 9.23 Å². The molecule has 0 saturated heterocycles. The van der Waals surface area contributed by atoms with Gasteiger partial charge in [0.2, 0.25) is 0 Å². The number of ether oxygens (including phenoxy) is 1. The smallest absolute Gasteiger partial charge is 0.161 e. The first-order chi connectivity index (χ1) is 11.6. The lowest BCUT2D eigenvalue weighted by Gasteiger charge is -2.18. The van der Waals surface area contributed by atoms with Crippen molar-refractivity contribution in [1.29, 1.82) is 0 Å². The Kier molecular flexibility index (Phi) is 8.01. The Labute approximate surface area is 148 Å². The average molecular weight is 352 g/mol. The third kappa shape index (κ3) is 6.45. The number of hydrogen-bond donors (Lipinski definition) is 0. The van der Waals surface area contributed by atoms with Gasteiger partial charge in [-0.1, -0.05) is 33.1 Å². The summed E-state index contributed by atoms with van der Waals surface area (Å²) in [7, 11) is 0. The lowest BCUT2D eigenvalue weighted by atomic mass is 9.92. The summed E-state index contributed by atoms with van der Waals surface area (Å²) in [5.74, 6) is -1.66. The zero-order valence-corrected chi connectivity index (χ0v) is 15.5. The van der Waals surface area contributed by atoms with Crippen LogP contribution in [0.1, 0.15) is 39.2 Å². The Bertz CT molecular complexity index is 661. The quantitative estimate of drug-likeness (QED) is 0.442. The second kappa shape index (κ2) is 9.50. The second-order valence-electron chi connectivity index (χ2n) is 6.74. The van der Waals surface area contributed by atoms with Crippen LogP contribution >= 0.6 is 0 Å². The third-order valence-electron chi connectivity index (χ3n) is 4.21. The molecule has 1 aromatic carbocycles. The average Bonchev–Trinajstić information content (AvgIpc) is 2.58. The van der Waals surface area contributed by atoms with E-state index >= 15 is 0 Å². The molecule has 2 atom stereocenters. The Morgan fingerprint density at radius 1 is 1.12 bits per heavy atom. The van der Waals surface area contributed by atoms with E-state index in [2.05, 4.69) is 13.2 Å². The Morgan fingerprint density at radius 2 is 1.76 bits per heavy atom. The van der Waals surface area contributed by atoms with Gasteiger partial charge in [0.05, 0.1) is 6.61 Å². The molecule has 4 heteroatoms. The third-order valence-corrected chi connectivity index (χ3v) is 4.21. The Hall–Kier alpha value is -1.97. The zero-order valence-electron chi connectivity index (χ0n) is 15.5. The molecule has 2 unspecified atom stereocenters. The molecule has 0 bridgehead atoms. The van der Waals surface area contributed by atoms with E-state index in [1.807, 2.05) is 13.8 Å². The summed E-state index contributed by atoms with van der Waals surface area (Å²) < 4.78 is 46.6. The number of aryl methyl sites for hydroxylation is 1. The molecule has 0 radical (unpaired) electrons. The number of rotatable bonds is 9. The number of allylic oxidation sites excluding steroid dienone is 4. The summed E-state index contributed by atoms with van der Waals surface area (Å²) in [6.07, 6.45) is 1.42. The van der Waals surface area contributed by atoms with Gasteiger partial charge in [0.1, 0.15) is 11.6 Å². The summed E-state index contributed by atoms with van der Waals surface area (Å²) in [6.45, 7) is 14.4. The van der Waals surface area contributed by atoms with Crippen molar-refractivity contribution in [3.63, 3.8) is 0 Å². The highest BCUT2D eigenvalue weighted by molar-refractivity contribution is 5.34. The van der Waals surface area contributed by atoms with Crippen LogP contribution in [0, 0.1) is 24.6 Å². The molecule has 0 amide bonds. The van der Waals surface area contributed by atoms with Crippen LogP contribution in [0.25, 0.3) is 0 Å². The minimum Gasteiger partial charge on any atom is -0.493 e. The molecule has 0 aliphatic heterocycles. The minimum absolute atomic E-state index is 0.0537. The molecular weight excluding hydrogens is 325 g/mol. The van der Waals surface area contributed by atoms with Crippen molar-refractivity contribution < 1.29 is 17.9 Å². The summed E-state index contributed by atoms with van der Waals surface area (Å²) in [4.78, 5) is 0. The van der Waals surface area contributed by atoms with Gasteiger partial charge in [0.25, 0.3) is 0 Å². The van der Waals surface area contributed by atoms with E-state index in [1.54, 1.807) is 19.1 Å². The highest BCUT2D eigenvalue weighted by Gasteiger charge is 2.17. The van der Waals surface area contributed by atoms with E-state index < -0.39 is 11.7 Å². The van der Waals surface area contributed by atoms with Gasteiger partial charge in [0.15, 0.2) is 11.7 Å². The van der Waals surface area contributed by atoms with Crippen molar-refractivity contribution in [3.05, 3.63) is 65.5 Å². The normalized spacial score (nSPS) is 14.5. The number of hydrogen-bond acceptors (Lipinski definition) is 1. The van der Waals surface area contributed by atoms with Crippen molar-refractivity contribution in [2.24, 2.45) is 11.8 Å². The van der Waals surface area contributed by atoms with E-state index in [-0.39, 0.29) is 28.8 Å². The maximum Gasteiger partial charge on any atom is 0.161 e. The molecule has 0 heterocycles. The van der Waals surface area contributed by atoms with Crippen molar-refractivity contribution in [2.75, 3.05) is 6.61 Å². The van der Waals surface area contributed by atoms with Crippen LogP contribution in [0.4, 0.5) is 13.2 Å². The lowest BCUT2D eigenvalue weighted by molar-refractivity contribution is 0.245. The fourth-order valence-corrected chi connectivity index (χ4v) is 2.24. The molecule has 0 spiro atoms. The molecule has 0 fully saturated rings. The molecule has 1 aromatic rings. The van der Waals surface area contributed by atoms with Gasteiger partial charge in [-0.2, -0.15) is 0 Å². The first kappa shape index (κ1) is 21.1. The highest BCUT2D eigenvalue weighted by Crippen LogP contribution is 2.29. The van der Waals surface area contributed by atoms with Crippen LogP contribution in [-0.4, -0.2) is 6.61 Å². The van der Waals surface area contributed by atoms with Crippen molar-refractivity contribution in [3.8, 4) is 5.75 Å². The summed E-state index contributed by atoms with van der Waals surface area (Å²) in [5.41, 5.74) is 0.775. The number of halogens is 3. The van der Waals surface area contributed by atoms with Crippen LogP contribution in [-0.2, 0) is 0 Å². The molecule has 0 aliphatic carbocycles. The van der Waals surface area contributed by atoms with Crippen molar-refractivity contribution in [2.45, 2.75) is 40.5 Å². The van der Waals surface area contributed by atoms with Crippen molar-refractivity contribution >= 4 is 0 Å². The molecule has 0 saturated carbocycles. The van der Waals surface area contributed by atoms with E-state index in [4.69, 9.17) is 4.74 Å². The van der Waals surface area contributed by atoms with Crippen LogP contribution in [0.5, 0.6) is 5.75 Å². The minimum atomic E-state index is -0.936. The summed E-state index contributed by atoms with van der Waals surface area (Å²) in [5, 5.41) is 0. The van der Waals surface area contributed by atoms with E-state index in [0.29, 0.717) is 24.3 Å². The van der Waals surface area contributed by atoms with Gasteiger partial charge in [0, 0.05) is 6.07 Å². The van der Waals surface area contributed by atoms with Gasteiger partial charge in [-0.25, -0.2) is 13.2 Å². The predicted octanol–water partition coefficient (Wildman–Crippen LogP) is 6.85. The second-order valence-corrected chi connectivity index (χ2v) is 6.74. The van der Waals surface area contributed by atoms with Crippen molar-refractivity contribution in [1.82, 2.24) is 0 Å². The first-order valence-electron chi connectivity index (χ1n) is 8.42. The monoisotopic (exact) mass is 352 g/mol. The van der Waals surface area contributed by atoms with Crippen LogP contribution in [0.3, 0.4) is 0 Å². The molecule has 0 aromatic heterocycles. The molecule has 1 nitrogen and oxygen atoms in total. The predicted molar refractivity (Wildman–Crippen MR) is 97.4 cm³/mol. The molecule has 138 valence electrons. The lowest BCUT2D eigenvalue weighted by Crippen LogP contribution is -2.11. The molecule has 0 aliphatic rings. The van der Waals surface area contributed by atoms with E-state index in [1.165, 1.54) is 13.0 Å². The summed E-state index contributed by atoms with van der Waals surface area (Å²) in [6, 6.07) is 4.77. The maximum absolute atomic E-state index is 13.9. The van der Waals surface area contributed by atoms with Gasteiger partial charge < -0.3 is 4.74 Å². The van der Waals surface area contributed by atoms with Crippen LogP contribution in [0.15, 0.2) is 54.2 Å². The highest BCUT2D eigenvalue weighted by atomic mass is 19.2. The van der Waals surface area contributed by atoms with E-state index in [0.717, 1.165) is 6.42 Å². The molecular formula is C21H27F3O. The fraction of sp³-hybridized carbons (Fsp3) is 0.429. The molecule has 0 N–H and O–H groups in total. The zero-order chi connectivity index (χ0) is 19.1. The fourth-order valence-electron chi connectivity index (χ4n) is 2.24. The van der Waals surface area contributed by atoms with Gasteiger partial charge in [-0.15, -0.1) is 0 Å². The van der Waals surface area contributed by atoms with Crippen LogP contribution in [0.2, 0.25) is 0 Å². The first-order valence-corrected chi connectivity index (χ1v) is 8.42. The molecule has 1 rings (SSSR count). The Balaban J connectivity index is 2.48. The van der Waals surface area contributed by atoms with Gasteiger partial charge in [-0.3, -0.25) is 0 Å². The molecule has 25 heavy (non-hydrogen) atoms. The SMILES string of the molecule is C=C(C)/C(F)=C(/F)C(=C)C(C)CCC(C)COc1ccc(C)c(F)c1. The largest absolute Gasteiger partial charge is 0.493 e. The van der Waals surface area contributed by atoms with Crippen LogP contribution < -0.4 is 4.74 Å². The number of benzene rings is 1. The summed E-state index contributed by atoms with van der Waals surface area (Å²) >= 11 is 0. The Morgan fingerprint density at radius 3 is 2.32 bits per heavy atom. The van der Waals surface area contributed by atoms with E-state index in [9.17, 15) is 13.2 Å². The standard InChI is InChI=1S/C21H27F3O/c1-13(2)20(23)21(24)17(6)15(4)8-7-14(3)12-25-18-10-9-16(5)19(22)11-18/h9-11,14-15H,1,6-8,12H2,2-5H3/b21-20-. The van der Waals surface area contributed by atoms with Gasteiger partial charge >= 0.3 is 0 Å².